The zero-order valence-electron chi connectivity index (χ0n) is 10.3. The van der Waals surface area contributed by atoms with Crippen LogP contribution in [0.4, 0.5) is 0 Å². The molecule has 16 heavy (non-hydrogen) atoms. The van der Waals surface area contributed by atoms with Gasteiger partial charge in [0.2, 0.25) is 0 Å². The maximum atomic E-state index is 5.53. The highest BCUT2D eigenvalue weighted by Crippen LogP contribution is 2.18. The van der Waals surface area contributed by atoms with E-state index in [9.17, 15) is 0 Å². The van der Waals surface area contributed by atoms with Gasteiger partial charge in [-0.2, -0.15) is 0 Å². The maximum absolute atomic E-state index is 5.53. The highest BCUT2D eigenvalue weighted by atomic mass is 16.5. The summed E-state index contributed by atoms with van der Waals surface area (Å²) in [6.45, 7) is 7.05. The highest BCUT2D eigenvalue weighted by Gasteiger charge is 2.26. The van der Waals surface area contributed by atoms with Crippen LogP contribution in [0.25, 0.3) is 0 Å². The summed E-state index contributed by atoms with van der Waals surface area (Å²) in [5.74, 6) is 0. The number of hydrogen-bond donors (Lipinski definition) is 1. The molecule has 88 valence electrons. The summed E-state index contributed by atoms with van der Waals surface area (Å²) in [4.78, 5) is 0. The van der Waals surface area contributed by atoms with Gasteiger partial charge < -0.3 is 10.1 Å². The summed E-state index contributed by atoms with van der Waals surface area (Å²) in [6.07, 6.45) is 2.37. The average Bonchev–Trinajstić information content (AvgIpc) is 2.29. The predicted molar refractivity (Wildman–Crippen MR) is 66.5 cm³/mol. The molecule has 1 fully saturated rings. The molecule has 1 unspecified atom stereocenters. The molecule has 1 saturated heterocycles. The minimum Gasteiger partial charge on any atom is -0.380 e. The van der Waals surface area contributed by atoms with Gasteiger partial charge in [0.15, 0.2) is 0 Å². The third-order valence-electron chi connectivity index (χ3n) is 3.28. The standard InChI is InChI=1S/C14H21NO/c1-12-4-6-13(7-5-12)10-15-14(2)8-3-9-16-11-14/h4-7,15H,3,8-11H2,1-2H3. The Kier molecular flexibility index (Phi) is 3.62. The van der Waals surface area contributed by atoms with Gasteiger partial charge in [0.05, 0.1) is 6.61 Å². The average molecular weight is 219 g/mol. The van der Waals surface area contributed by atoms with Gasteiger partial charge in [-0.25, -0.2) is 0 Å². The van der Waals surface area contributed by atoms with Crippen LogP contribution in [-0.2, 0) is 11.3 Å². The monoisotopic (exact) mass is 219 g/mol. The van der Waals surface area contributed by atoms with E-state index in [2.05, 4.69) is 43.4 Å². The first kappa shape index (κ1) is 11.6. The molecule has 0 saturated carbocycles. The number of aryl methyl sites for hydroxylation is 1. The van der Waals surface area contributed by atoms with Crippen LogP contribution in [-0.4, -0.2) is 18.8 Å². The fraction of sp³-hybridized carbons (Fsp3) is 0.571. The van der Waals surface area contributed by atoms with E-state index in [0.29, 0.717) is 0 Å². The first-order chi connectivity index (χ1) is 7.68. The molecule has 0 radical (unpaired) electrons. The second-order valence-electron chi connectivity index (χ2n) is 5.06. The molecule has 1 aromatic rings. The molecule has 0 aromatic heterocycles. The van der Waals surface area contributed by atoms with E-state index < -0.39 is 0 Å². The Morgan fingerprint density at radius 2 is 2.06 bits per heavy atom. The van der Waals surface area contributed by atoms with Gasteiger partial charge in [-0.15, -0.1) is 0 Å². The molecular formula is C14H21NO. The van der Waals surface area contributed by atoms with E-state index >= 15 is 0 Å². The zero-order chi connectivity index (χ0) is 11.4. The van der Waals surface area contributed by atoms with E-state index in [1.807, 2.05) is 0 Å². The highest BCUT2D eigenvalue weighted by molar-refractivity contribution is 5.21. The van der Waals surface area contributed by atoms with Crippen LogP contribution in [0, 0.1) is 6.92 Å². The maximum Gasteiger partial charge on any atom is 0.0645 e. The summed E-state index contributed by atoms with van der Waals surface area (Å²) in [6, 6.07) is 8.71. The van der Waals surface area contributed by atoms with E-state index in [1.165, 1.54) is 17.5 Å². The Morgan fingerprint density at radius 1 is 1.31 bits per heavy atom. The smallest absolute Gasteiger partial charge is 0.0645 e. The van der Waals surface area contributed by atoms with Gasteiger partial charge in [0.25, 0.3) is 0 Å². The molecule has 0 amide bonds. The lowest BCUT2D eigenvalue weighted by molar-refractivity contribution is 0.0278. The lowest BCUT2D eigenvalue weighted by atomic mass is 9.94. The molecule has 1 aliphatic heterocycles. The normalized spacial score (nSPS) is 25.6. The summed E-state index contributed by atoms with van der Waals surface area (Å²) in [5, 5.41) is 3.61. The van der Waals surface area contributed by atoms with E-state index in [-0.39, 0.29) is 5.54 Å². The van der Waals surface area contributed by atoms with Crippen LogP contribution in [0.2, 0.25) is 0 Å². The van der Waals surface area contributed by atoms with Crippen molar-refractivity contribution in [3.8, 4) is 0 Å². The number of rotatable bonds is 3. The number of nitrogens with one attached hydrogen (secondary N) is 1. The third-order valence-corrected chi connectivity index (χ3v) is 3.28. The summed E-state index contributed by atoms with van der Waals surface area (Å²) in [5.41, 5.74) is 2.82. The molecule has 1 atom stereocenters. The largest absolute Gasteiger partial charge is 0.380 e. The second-order valence-corrected chi connectivity index (χ2v) is 5.06. The fourth-order valence-corrected chi connectivity index (χ4v) is 2.09. The molecule has 1 N–H and O–H groups in total. The van der Waals surface area contributed by atoms with Gasteiger partial charge >= 0.3 is 0 Å². The van der Waals surface area contributed by atoms with Gasteiger partial charge in [0, 0.05) is 18.7 Å². The van der Waals surface area contributed by atoms with Crippen molar-refractivity contribution >= 4 is 0 Å². The lowest BCUT2D eigenvalue weighted by Crippen LogP contribution is -2.48. The second kappa shape index (κ2) is 4.98. The van der Waals surface area contributed by atoms with Gasteiger partial charge in [-0.1, -0.05) is 29.8 Å². The van der Waals surface area contributed by atoms with Crippen LogP contribution in [0.15, 0.2) is 24.3 Å². The molecule has 0 spiro atoms. The summed E-state index contributed by atoms with van der Waals surface area (Å²) >= 11 is 0. The van der Waals surface area contributed by atoms with Crippen LogP contribution < -0.4 is 5.32 Å². The molecule has 1 aliphatic rings. The number of hydrogen-bond acceptors (Lipinski definition) is 2. The van der Waals surface area contributed by atoms with Crippen LogP contribution >= 0.6 is 0 Å². The Hall–Kier alpha value is -0.860. The molecular weight excluding hydrogens is 198 g/mol. The fourth-order valence-electron chi connectivity index (χ4n) is 2.09. The quantitative estimate of drug-likeness (QED) is 0.844. The number of benzene rings is 1. The molecule has 0 bridgehead atoms. The topological polar surface area (TPSA) is 21.3 Å². The SMILES string of the molecule is Cc1ccc(CNC2(C)CCCOC2)cc1. The summed E-state index contributed by atoms with van der Waals surface area (Å²) < 4.78 is 5.53. The zero-order valence-corrected chi connectivity index (χ0v) is 10.3. The Morgan fingerprint density at radius 3 is 2.69 bits per heavy atom. The van der Waals surface area contributed by atoms with Crippen molar-refractivity contribution < 1.29 is 4.74 Å². The minimum absolute atomic E-state index is 0.156. The summed E-state index contributed by atoms with van der Waals surface area (Å²) in [7, 11) is 0. The molecule has 2 heteroatoms. The van der Waals surface area contributed by atoms with Gasteiger partial charge in [0.1, 0.15) is 0 Å². The van der Waals surface area contributed by atoms with E-state index in [0.717, 1.165) is 26.2 Å². The lowest BCUT2D eigenvalue weighted by Gasteiger charge is -2.34. The predicted octanol–water partition coefficient (Wildman–Crippen LogP) is 2.65. The van der Waals surface area contributed by atoms with Crippen LogP contribution in [0.5, 0.6) is 0 Å². The van der Waals surface area contributed by atoms with Crippen molar-refractivity contribution in [2.75, 3.05) is 13.2 Å². The van der Waals surface area contributed by atoms with Crippen molar-refractivity contribution in [1.29, 1.82) is 0 Å². The van der Waals surface area contributed by atoms with Crippen LogP contribution in [0.3, 0.4) is 0 Å². The van der Waals surface area contributed by atoms with E-state index in [1.54, 1.807) is 0 Å². The molecule has 1 aromatic carbocycles. The van der Waals surface area contributed by atoms with Gasteiger partial charge in [-0.3, -0.25) is 0 Å². The first-order valence-corrected chi connectivity index (χ1v) is 6.06. The van der Waals surface area contributed by atoms with Crippen molar-refractivity contribution in [3.05, 3.63) is 35.4 Å². The van der Waals surface area contributed by atoms with E-state index in [4.69, 9.17) is 4.74 Å². The molecule has 1 heterocycles. The van der Waals surface area contributed by atoms with Crippen LogP contribution in [0.1, 0.15) is 30.9 Å². The van der Waals surface area contributed by atoms with Crippen molar-refractivity contribution in [2.45, 2.75) is 38.8 Å². The van der Waals surface area contributed by atoms with Crippen molar-refractivity contribution in [3.63, 3.8) is 0 Å². The number of ether oxygens (including phenoxy) is 1. The Bertz CT molecular complexity index is 325. The Labute approximate surface area is 98.0 Å². The molecule has 0 aliphatic carbocycles. The molecule has 2 rings (SSSR count). The minimum atomic E-state index is 0.156. The van der Waals surface area contributed by atoms with Crippen molar-refractivity contribution in [2.24, 2.45) is 0 Å². The van der Waals surface area contributed by atoms with Crippen molar-refractivity contribution in [1.82, 2.24) is 5.32 Å². The van der Waals surface area contributed by atoms with Gasteiger partial charge in [-0.05, 0) is 32.3 Å². The third kappa shape index (κ3) is 3.06. The Balaban J connectivity index is 1.88. The molecule has 2 nitrogen and oxygen atoms in total. The first-order valence-electron chi connectivity index (χ1n) is 6.06.